The van der Waals surface area contributed by atoms with Crippen LogP contribution >= 0.6 is 31.9 Å². The minimum Gasteiger partial charge on any atom is -0.266 e. The fourth-order valence-electron chi connectivity index (χ4n) is 2.88. The van der Waals surface area contributed by atoms with Crippen molar-refractivity contribution in [2.75, 3.05) is 4.90 Å². The van der Waals surface area contributed by atoms with Crippen LogP contribution in [0.5, 0.6) is 0 Å². The predicted molar refractivity (Wildman–Crippen MR) is 117 cm³/mol. The molecule has 0 fully saturated rings. The Morgan fingerprint density at radius 3 is 2.29 bits per heavy atom. The smallest absolute Gasteiger partial charge is 0.266 e. The Balaban J connectivity index is 1.82. The summed E-state index contributed by atoms with van der Waals surface area (Å²) in [5.74, 6) is -0.0148. The first-order chi connectivity index (χ1) is 13.5. The number of hydrogen-bond acceptors (Lipinski definition) is 2. The van der Waals surface area contributed by atoms with E-state index in [2.05, 4.69) is 36.9 Å². The molecule has 0 spiro atoms. The maximum absolute atomic E-state index is 13.2. The zero-order chi connectivity index (χ0) is 19.7. The van der Waals surface area contributed by atoms with Gasteiger partial charge in [0.15, 0.2) is 0 Å². The van der Waals surface area contributed by atoms with Crippen LogP contribution in [0.25, 0.3) is 6.08 Å². The topological polar surface area (TPSA) is 32.7 Å². The van der Waals surface area contributed by atoms with Crippen LogP contribution in [0, 0.1) is 5.82 Å². The molecule has 1 aliphatic heterocycles. The maximum atomic E-state index is 13.2. The number of aliphatic imine (C=N–C) groups is 1. The lowest BCUT2D eigenvalue weighted by molar-refractivity contribution is -0.113. The SMILES string of the molecule is O=C1/C(=C\c2ccc(F)cc2)N=C(c2ccc(Br)cc2)N1c1cccc(Br)c1. The lowest BCUT2D eigenvalue weighted by atomic mass is 10.1. The van der Waals surface area contributed by atoms with Crippen LogP contribution in [0.1, 0.15) is 11.1 Å². The van der Waals surface area contributed by atoms with Gasteiger partial charge in [0.25, 0.3) is 5.91 Å². The molecule has 0 saturated carbocycles. The molecule has 3 aromatic carbocycles. The van der Waals surface area contributed by atoms with Gasteiger partial charge < -0.3 is 0 Å². The molecule has 1 heterocycles. The van der Waals surface area contributed by atoms with E-state index in [1.54, 1.807) is 23.1 Å². The summed E-state index contributed by atoms with van der Waals surface area (Å²) >= 11 is 6.89. The molecular formula is C22H13Br2FN2O. The molecule has 138 valence electrons. The first-order valence-electron chi connectivity index (χ1n) is 8.43. The van der Waals surface area contributed by atoms with Crippen LogP contribution in [0.2, 0.25) is 0 Å². The van der Waals surface area contributed by atoms with Gasteiger partial charge in [-0.05, 0) is 54.1 Å². The van der Waals surface area contributed by atoms with Crippen molar-refractivity contribution in [3.63, 3.8) is 0 Å². The van der Waals surface area contributed by atoms with E-state index in [9.17, 15) is 9.18 Å². The third-order valence-corrected chi connectivity index (χ3v) is 5.22. The highest BCUT2D eigenvalue weighted by Gasteiger charge is 2.32. The summed E-state index contributed by atoms with van der Waals surface area (Å²) in [7, 11) is 0. The second-order valence-corrected chi connectivity index (χ2v) is 7.98. The molecular weight excluding hydrogens is 487 g/mol. The summed E-state index contributed by atoms with van der Waals surface area (Å²) < 4.78 is 15.0. The summed E-state index contributed by atoms with van der Waals surface area (Å²) in [6, 6.07) is 21.1. The van der Waals surface area contributed by atoms with E-state index in [0.717, 1.165) is 14.5 Å². The van der Waals surface area contributed by atoms with Crippen LogP contribution in [0.4, 0.5) is 10.1 Å². The number of benzene rings is 3. The van der Waals surface area contributed by atoms with Gasteiger partial charge in [-0.15, -0.1) is 0 Å². The summed E-state index contributed by atoms with van der Waals surface area (Å²) in [5.41, 5.74) is 2.53. The zero-order valence-electron chi connectivity index (χ0n) is 14.4. The largest absolute Gasteiger partial charge is 0.282 e. The molecule has 6 heteroatoms. The van der Waals surface area contributed by atoms with Gasteiger partial charge in [-0.25, -0.2) is 9.38 Å². The zero-order valence-corrected chi connectivity index (χ0v) is 17.6. The van der Waals surface area contributed by atoms with Gasteiger partial charge >= 0.3 is 0 Å². The fraction of sp³-hybridized carbons (Fsp3) is 0. The molecule has 0 bridgehead atoms. The lowest BCUT2D eigenvalue weighted by Gasteiger charge is -2.19. The molecule has 1 amide bonds. The monoisotopic (exact) mass is 498 g/mol. The number of hydrogen-bond donors (Lipinski definition) is 0. The Kier molecular flexibility index (Phi) is 5.24. The molecule has 0 saturated heterocycles. The highest BCUT2D eigenvalue weighted by Crippen LogP contribution is 2.30. The second kappa shape index (κ2) is 7.81. The molecule has 0 atom stereocenters. The predicted octanol–water partition coefficient (Wildman–Crippen LogP) is 6.19. The molecule has 4 rings (SSSR count). The average molecular weight is 500 g/mol. The summed E-state index contributed by atoms with van der Waals surface area (Å²) in [6.07, 6.45) is 1.67. The highest BCUT2D eigenvalue weighted by atomic mass is 79.9. The Bertz CT molecular complexity index is 1110. The number of amidine groups is 1. The Hall–Kier alpha value is -2.57. The van der Waals surface area contributed by atoms with Gasteiger partial charge in [-0.1, -0.05) is 62.2 Å². The van der Waals surface area contributed by atoms with E-state index in [4.69, 9.17) is 0 Å². The second-order valence-electron chi connectivity index (χ2n) is 6.14. The van der Waals surface area contributed by atoms with Crippen LogP contribution in [0.3, 0.4) is 0 Å². The van der Waals surface area contributed by atoms with Gasteiger partial charge in [0.05, 0.1) is 5.69 Å². The van der Waals surface area contributed by atoms with E-state index in [1.807, 2.05) is 48.5 Å². The number of rotatable bonds is 3. The van der Waals surface area contributed by atoms with Crippen molar-refractivity contribution >= 4 is 55.4 Å². The van der Waals surface area contributed by atoms with Crippen LogP contribution in [-0.4, -0.2) is 11.7 Å². The van der Waals surface area contributed by atoms with E-state index < -0.39 is 0 Å². The molecule has 0 unspecified atom stereocenters. The van der Waals surface area contributed by atoms with Crippen molar-refractivity contribution in [1.82, 2.24) is 0 Å². The van der Waals surface area contributed by atoms with Gasteiger partial charge in [0, 0.05) is 14.5 Å². The third-order valence-electron chi connectivity index (χ3n) is 4.20. The van der Waals surface area contributed by atoms with Crippen molar-refractivity contribution in [2.24, 2.45) is 4.99 Å². The summed E-state index contributed by atoms with van der Waals surface area (Å²) in [5, 5.41) is 0. The molecule has 0 N–H and O–H groups in total. The van der Waals surface area contributed by atoms with Crippen molar-refractivity contribution < 1.29 is 9.18 Å². The average Bonchev–Trinajstić information content (AvgIpc) is 3.00. The number of carbonyl (C=O) groups excluding carboxylic acids is 1. The van der Waals surface area contributed by atoms with Gasteiger partial charge in [0.1, 0.15) is 17.3 Å². The molecule has 3 nitrogen and oxygen atoms in total. The number of nitrogens with zero attached hydrogens (tertiary/aromatic N) is 2. The minimum absolute atomic E-state index is 0.236. The first-order valence-corrected chi connectivity index (χ1v) is 10.0. The quantitative estimate of drug-likeness (QED) is 0.396. The summed E-state index contributed by atoms with van der Waals surface area (Å²) in [4.78, 5) is 19.4. The number of amides is 1. The van der Waals surface area contributed by atoms with Crippen LogP contribution in [0.15, 0.2) is 92.4 Å². The van der Waals surface area contributed by atoms with Crippen molar-refractivity contribution in [1.29, 1.82) is 0 Å². The van der Waals surface area contributed by atoms with Crippen LogP contribution < -0.4 is 4.90 Å². The van der Waals surface area contributed by atoms with E-state index in [1.165, 1.54) is 12.1 Å². The Morgan fingerprint density at radius 2 is 1.61 bits per heavy atom. The number of anilines is 1. The third kappa shape index (κ3) is 3.84. The molecule has 0 aromatic heterocycles. The van der Waals surface area contributed by atoms with E-state index >= 15 is 0 Å². The number of halogens is 3. The van der Waals surface area contributed by atoms with Crippen molar-refractivity contribution in [3.05, 3.63) is 104 Å². The molecule has 3 aromatic rings. The summed E-state index contributed by atoms with van der Waals surface area (Å²) in [6.45, 7) is 0. The number of carbonyl (C=O) groups is 1. The van der Waals surface area contributed by atoms with Crippen molar-refractivity contribution in [3.8, 4) is 0 Å². The van der Waals surface area contributed by atoms with Crippen molar-refractivity contribution in [2.45, 2.75) is 0 Å². The Morgan fingerprint density at radius 1 is 0.893 bits per heavy atom. The minimum atomic E-state index is -0.324. The fourth-order valence-corrected chi connectivity index (χ4v) is 3.53. The molecule has 28 heavy (non-hydrogen) atoms. The normalized spacial score (nSPS) is 15.2. The molecule has 0 aliphatic carbocycles. The molecule has 0 radical (unpaired) electrons. The Labute approximate surface area is 178 Å². The van der Waals surface area contributed by atoms with Gasteiger partial charge in [0.2, 0.25) is 0 Å². The van der Waals surface area contributed by atoms with E-state index in [0.29, 0.717) is 22.8 Å². The lowest BCUT2D eigenvalue weighted by Crippen LogP contribution is -2.32. The first kappa shape index (κ1) is 18.8. The highest BCUT2D eigenvalue weighted by molar-refractivity contribution is 9.10. The van der Waals surface area contributed by atoms with Gasteiger partial charge in [-0.2, -0.15) is 0 Å². The maximum Gasteiger partial charge on any atom is 0.282 e. The van der Waals surface area contributed by atoms with Crippen LogP contribution in [-0.2, 0) is 4.79 Å². The standard InChI is InChI=1S/C22H13Br2FN2O/c23-16-8-6-15(7-9-16)21-26-20(12-14-4-10-18(25)11-5-14)22(28)27(21)19-3-1-2-17(24)13-19/h1-13H/b20-12+. The molecule has 1 aliphatic rings. The van der Waals surface area contributed by atoms with E-state index in [-0.39, 0.29) is 11.7 Å². The van der Waals surface area contributed by atoms with Gasteiger partial charge in [-0.3, -0.25) is 9.69 Å².